The molecule has 146 valence electrons. The summed E-state index contributed by atoms with van der Waals surface area (Å²) in [4.78, 5) is 14.8. The molecule has 29 heavy (non-hydrogen) atoms. The summed E-state index contributed by atoms with van der Waals surface area (Å²) in [5.74, 6) is 0.562. The van der Waals surface area contributed by atoms with Crippen LogP contribution in [0.15, 0.2) is 31.0 Å². The number of fused-ring (bicyclic) bond motifs is 4. The lowest BCUT2D eigenvalue weighted by Gasteiger charge is -2.24. The molecule has 1 aliphatic heterocycles. The highest BCUT2D eigenvalue weighted by atomic mass is 32.1. The van der Waals surface area contributed by atoms with Crippen molar-refractivity contribution in [2.45, 2.75) is 25.8 Å². The molecular weight excluding hydrogens is 388 g/mol. The summed E-state index contributed by atoms with van der Waals surface area (Å²) in [5.41, 5.74) is 3.71. The van der Waals surface area contributed by atoms with Crippen molar-refractivity contribution in [3.63, 3.8) is 0 Å². The van der Waals surface area contributed by atoms with Gasteiger partial charge in [0.2, 0.25) is 5.95 Å². The Kier molecular flexibility index (Phi) is 3.74. The van der Waals surface area contributed by atoms with E-state index in [4.69, 9.17) is 9.72 Å². The maximum Gasteiger partial charge on any atom is 0.229 e. The van der Waals surface area contributed by atoms with Gasteiger partial charge in [-0.1, -0.05) is 0 Å². The van der Waals surface area contributed by atoms with Crippen LogP contribution in [0.3, 0.4) is 0 Å². The largest absolute Gasteiger partial charge is 0.381 e. The van der Waals surface area contributed by atoms with E-state index in [9.17, 15) is 0 Å². The van der Waals surface area contributed by atoms with Gasteiger partial charge in [-0.2, -0.15) is 14.5 Å². The van der Waals surface area contributed by atoms with Crippen molar-refractivity contribution in [2.75, 3.05) is 18.5 Å². The normalized spacial score (nSPS) is 15.6. The summed E-state index contributed by atoms with van der Waals surface area (Å²) < 4.78 is 14.0. The van der Waals surface area contributed by atoms with Gasteiger partial charge in [-0.15, -0.1) is 0 Å². The molecule has 0 aliphatic carbocycles. The Morgan fingerprint density at radius 1 is 1.17 bits per heavy atom. The van der Waals surface area contributed by atoms with Crippen molar-refractivity contribution < 1.29 is 4.74 Å². The molecule has 0 aromatic carbocycles. The lowest BCUT2D eigenvalue weighted by molar-refractivity contribution is 0.0717. The first-order valence-corrected chi connectivity index (χ1v) is 10.3. The molecule has 0 saturated carbocycles. The standard InChI is InChI=1S/C19H18N8OS/c1-11-6-16-21-10-22-26(16)9-15(11)24-19-20-7-13-14-8-23-29-18(14)27(17(13)25-19)12-2-4-28-5-3-12/h6-10,12H,2-5H2,1H3,(H,20,24,25). The Labute approximate surface area is 169 Å². The van der Waals surface area contributed by atoms with Crippen LogP contribution >= 0.6 is 11.5 Å². The van der Waals surface area contributed by atoms with Crippen molar-refractivity contribution in [2.24, 2.45) is 0 Å². The summed E-state index contributed by atoms with van der Waals surface area (Å²) in [6, 6.07) is 2.35. The second-order valence-corrected chi connectivity index (χ2v) is 8.03. The molecule has 0 unspecified atom stereocenters. The highest BCUT2D eigenvalue weighted by Gasteiger charge is 2.23. The monoisotopic (exact) mass is 406 g/mol. The second kappa shape index (κ2) is 6.46. The molecule has 6 rings (SSSR count). The van der Waals surface area contributed by atoms with Gasteiger partial charge in [0, 0.05) is 36.2 Å². The number of aromatic nitrogens is 7. The summed E-state index contributed by atoms with van der Waals surface area (Å²) in [7, 11) is 0. The van der Waals surface area contributed by atoms with Gasteiger partial charge in [0.05, 0.1) is 18.1 Å². The van der Waals surface area contributed by atoms with Crippen LogP contribution in [0.5, 0.6) is 0 Å². The molecule has 1 aliphatic rings. The number of aryl methyl sites for hydroxylation is 1. The van der Waals surface area contributed by atoms with E-state index in [0.29, 0.717) is 12.0 Å². The van der Waals surface area contributed by atoms with Crippen molar-refractivity contribution in [1.82, 2.24) is 33.5 Å². The Morgan fingerprint density at radius 2 is 2.07 bits per heavy atom. The molecule has 0 radical (unpaired) electrons. The number of anilines is 2. The SMILES string of the molecule is Cc1cc2ncnn2cc1Nc1ncc2c3cnsc3n(C3CCOCC3)c2n1. The van der Waals surface area contributed by atoms with E-state index in [1.165, 1.54) is 11.5 Å². The fraction of sp³-hybridized carbons (Fsp3) is 0.316. The Hall–Kier alpha value is -3.11. The van der Waals surface area contributed by atoms with Gasteiger partial charge in [-0.05, 0) is 42.9 Å². The first-order chi connectivity index (χ1) is 14.3. The highest BCUT2D eigenvalue weighted by Crippen LogP contribution is 2.36. The highest BCUT2D eigenvalue weighted by molar-refractivity contribution is 7.13. The van der Waals surface area contributed by atoms with Gasteiger partial charge in [-0.3, -0.25) is 0 Å². The molecule has 0 spiro atoms. The Balaban J connectivity index is 1.47. The number of hydrogen-bond donors (Lipinski definition) is 1. The number of ether oxygens (including phenoxy) is 1. The zero-order valence-electron chi connectivity index (χ0n) is 15.7. The predicted octanol–water partition coefficient (Wildman–Crippen LogP) is 3.49. The average molecular weight is 406 g/mol. The third-order valence-corrected chi connectivity index (χ3v) is 6.28. The maximum absolute atomic E-state index is 5.56. The van der Waals surface area contributed by atoms with Crippen LogP contribution in [0.25, 0.3) is 26.9 Å². The average Bonchev–Trinajstić information content (AvgIpc) is 3.44. The Bertz CT molecular complexity index is 1350. The summed E-state index contributed by atoms with van der Waals surface area (Å²) in [6.45, 7) is 3.58. The van der Waals surface area contributed by atoms with Gasteiger partial charge < -0.3 is 14.6 Å². The van der Waals surface area contributed by atoms with Crippen molar-refractivity contribution in [3.8, 4) is 0 Å². The van der Waals surface area contributed by atoms with Gasteiger partial charge >= 0.3 is 0 Å². The van der Waals surface area contributed by atoms with Crippen LogP contribution in [0.1, 0.15) is 24.4 Å². The van der Waals surface area contributed by atoms with Crippen molar-refractivity contribution >= 4 is 50.1 Å². The van der Waals surface area contributed by atoms with Gasteiger partial charge in [-0.25, -0.2) is 14.5 Å². The van der Waals surface area contributed by atoms with E-state index in [0.717, 1.165) is 64.2 Å². The van der Waals surface area contributed by atoms with Gasteiger partial charge in [0.1, 0.15) is 16.8 Å². The second-order valence-electron chi connectivity index (χ2n) is 7.25. The third-order valence-electron chi connectivity index (χ3n) is 5.48. The topological polar surface area (TPSA) is 95.1 Å². The van der Waals surface area contributed by atoms with Crippen LogP contribution < -0.4 is 5.32 Å². The first kappa shape index (κ1) is 16.8. The smallest absolute Gasteiger partial charge is 0.229 e. The molecule has 1 N–H and O–H groups in total. The van der Waals surface area contributed by atoms with Crippen LogP contribution in [0.2, 0.25) is 0 Å². The summed E-state index contributed by atoms with van der Waals surface area (Å²) in [6.07, 6.45) is 9.21. The lowest BCUT2D eigenvalue weighted by Crippen LogP contribution is -2.19. The van der Waals surface area contributed by atoms with E-state index in [-0.39, 0.29) is 0 Å². The van der Waals surface area contributed by atoms with E-state index >= 15 is 0 Å². The minimum atomic E-state index is 0.361. The van der Waals surface area contributed by atoms with Crippen molar-refractivity contribution in [1.29, 1.82) is 0 Å². The quantitative estimate of drug-likeness (QED) is 0.490. The van der Waals surface area contributed by atoms with Crippen LogP contribution in [0, 0.1) is 6.92 Å². The number of rotatable bonds is 3. The van der Waals surface area contributed by atoms with Crippen LogP contribution in [-0.2, 0) is 4.74 Å². The molecule has 0 atom stereocenters. The molecule has 10 heteroatoms. The molecular formula is C19H18N8OS. The molecule has 9 nitrogen and oxygen atoms in total. The van der Waals surface area contributed by atoms with Gasteiger partial charge in [0.15, 0.2) is 5.65 Å². The molecule has 0 amide bonds. The minimum absolute atomic E-state index is 0.361. The molecule has 6 heterocycles. The van der Waals surface area contributed by atoms with E-state index in [1.54, 1.807) is 10.8 Å². The summed E-state index contributed by atoms with van der Waals surface area (Å²) in [5, 5.41) is 9.71. The number of nitrogens with one attached hydrogen (secondary N) is 1. The molecule has 0 bridgehead atoms. The van der Waals surface area contributed by atoms with Gasteiger partial charge in [0.25, 0.3) is 0 Å². The number of hydrogen-bond acceptors (Lipinski definition) is 8. The zero-order chi connectivity index (χ0) is 19.4. The lowest BCUT2D eigenvalue weighted by atomic mass is 10.1. The van der Waals surface area contributed by atoms with Crippen LogP contribution in [-0.4, -0.2) is 46.7 Å². The van der Waals surface area contributed by atoms with E-state index in [2.05, 4.69) is 29.3 Å². The molecule has 5 aromatic heterocycles. The Morgan fingerprint density at radius 3 is 2.97 bits per heavy atom. The number of nitrogens with zero attached hydrogens (tertiary/aromatic N) is 7. The van der Waals surface area contributed by atoms with E-state index in [1.807, 2.05) is 31.6 Å². The molecule has 1 saturated heterocycles. The maximum atomic E-state index is 5.56. The predicted molar refractivity (Wildman–Crippen MR) is 111 cm³/mol. The molecule has 1 fully saturated rings. The number of pyridine rings is 1. The zero-order valence-corrected chi connectivity index (χ0v) is 16.6. The minimum Gasteiger partial charge on any atom is -0.381 e. The van der Waals surface area contributed by atoms with Crippen molar-refractivity contribution in [3.05, 3.63) is 36.5 Å². The summed E-state index contributed by atoms with van der Waals surface area (Å²) >= 11 is 1.51. The third kappa shape index (κ3) is 2.67. The van der Waals surface area contributed by atoms with Crippen LogP contribution in [0.4, 0.5) is 11.6 Å². The van der Waals surface area contributed by atoms with E-state index < -0.39 is 0 Å². The first-order valence-electron chi connectivity index (χ1n) is 9.54. The molecule has 5 aromatic rings. The fourth-order valence-corrected chi connectivity index (χ4v) is 4.83. The fourth-order valence-electron chi connectivity index (χ4n) is 3.99.